The van der Waals surface area contributed by atoms with Gasteiger partial charge in [0.15, 0.2) is 0 Å². The lowest BCUT2D eigenvalue weighted by atomic mass is 10.0. The Kier molecular flexibility index (Phi) is 61.4. The summed E-state index contributed by atoms with van der Waals surface area (Å²) in [5.74, 6) is -0.0526. The summed E-state index contributed by atoms with van der Waals surface area (Å²) in [5.41, 5.74) is 0. The van der Waals surface area contributed by atoms with Crippen molar-refractivity contribution in [3.05, 3.63) is 24.3 Å². The summed E-state index contributed by atoms with van der Waals surface area (Å²) >= 11 is 0. The molecule has 0 heterocycles. The van der Waals surface area contributed by atoms with Gasteiger partial charge in [-0.1, -0.05) is 321 Å². The van der Waals surface area contributed by atoms with E-state index in [1.165, 1.54) is 295 Å². The Bertz CT molecular complexity index is 1140. The molecule has 1 amide bonds. The zero-order chi connectivity index (χ0) is 52.9. The van der Waals surface area contributed by atoms with E-state index in [0.29, 0.717) is 19.4 Å². The van der Waals surface area contributed by atoms with Crippen molar-refractivity contribution in [1.29, 1.82) is 0 Å². The third kappa shape index (κ3) is 59.4. The van der Waals surface area contributed by atoms with Crippen LogP contribution in [0, 0.1) is 0 Å². The highest BCUT2D eigenvalue weighted by Gasteiger charge is 2.18. The maximum Gasteiger partial charge on any atom is 0.305 e. The number of allylic oxidation sites excluding steroid dienone is 3. The normalized spacial score (nSPS) is 12.7. The average molecular weight is 1030 g/mol. The molecule has 0 aromatic carbocycles. The number of hydrogen-bond acceptors (Lipinski definition) is 5. The van der Waals surface area contributed by atoms with Gasteiger partial charge in [0.2, 0.25) is 5.91 Å². The molecule has 0 aliphatic heterocycles. The lowest BCUT2D eigenvalue weighted by molar-refractivity contribution is -0.143. The highest BCUT2D eigenvalue weighted by Crippen LogP contribution is 2.18. The molecule has 2 atom stereocenters. The smallest absolute Gasteiger partial charge is 0.305 e. The maximum absolute atomic E-state index is 12.5. The quantitative estimate of drug-likeness (QED) is 0.0320. The zero-order valence-electron chi connectivity index (χ0n) is 49.4. The van der Waals surface area contributed by atoms with Crippen molar-refractivity contribution in [3.8, 4) is 0 Å². The molecule has 0 rings (SSSR count). The molecule has 0 aromatic rings. The van der Waals surface area contributed by atoms with Gasteiger partial charge in [0, 0.05) is 12.8 Å². The van der Waals surface area contributed by atoms with Gasteiger partial charge in [-0.25, -0.2) is 0 Å². The van der Waals surface area contributed by atoms with Crippen LogP contribution in [-0.4, -0.2) is 47.4 Å². The summed E-state index contributed by atoms with van der Waals surface area (Å²) in [6, 6.07) is -0.626. The van der Waals surface area contributed by atoms with E-state index < -0.39 is 12.1 Å². The van der Waals surface area contributed by atoms with E-state index >= 15 is 0 Å². The highest BCUT2D eigenvalue weighted by atomic mass is 16.5. The molecular formula is C67H129NO5. The lowest BCUT2D eigenvalue weighted by Gasteiger charge is -2.20. The van der Waals surface area contributed by atoms with E-state index in [9.17, 15) is 19.8 Å². The van der Waals surface area contributed by atoms with Gasteiger partial charge < -0.3 is 20.3 Å². The molecule has 0 aliphatic carbocycles. The molecular weight excluding hydrogens is 899 g/mol. The molecule has 0 saturated carbocycles. The van der Waals surface area contributed by atoms with Crippen molar-refractivity contribution in [3.63, 3.8) is 0 Å². The minimum atomic E-state index is -0.843. The molecule has 6 nitrogen and oxygen atoms in total. The van der Waals surface area contributed by atoms with Crippen LogP contribution in [0.25, 0.3) is 0 Å². The number of amides is 1. The van der Waals surface area contributed by atoms with E-state index in [1.807, 2.05) is 6.08 Å². The molecule has 432 valence electrons. The number of aliphatic hydroxyl groups excluding tert-OH is 2. The first kappa shape index (κ1) is 71.3. The molecule has 0 radical (unpaired) electrons. The molecule has 0 saturated heterocycles. The van der Waals surface area contributed by atoms with Crippen LogP contribution in [0.15, 0.2) is 24.3 Å². The fraction of sp³-hybridized carbons (Fsp3) is 0.910. The molecule has 0 aromatic heterocycles. The van der Waals surface area contributed by atoms with Crippen molar-refractivity contribution < 1.29 is 24.5 Å². The summed E-state index contributed by atoms with van der Waals surface area (Å²) in [6.07, 6.45) is 78.0. The summed E-state index contributed by atoms with van der Waals surface area (Å²) in [7, 11) is 0. The minimum absolute atomic E-state index is 0.0122. The maximum atomic E-state index is 12.5. The Hall–Kier alpha value is -1.66. The van der Waals surface area contributed by atoms with Gasteiger partial charge in [0.1, 0.15) is 0 Å². The molecule has 0 aliphatic rings. The van der Waals surface area contributed by atoms with Gasteiger partial charge in [0.25, 0.3) is 0 Å². The minimum Gasteiger partial charge on any atom is -0.466 e. The van der Waals surface area contributed by atoms with Crippen molar-refractivity contribution in [2.45, 2.75) is 379 Å². The standard InChI is InChI=1S/C67H129NO5/c1-3-5-7-9-11-13-15-17-19-28-33-37-41-45-49-53-57-61-67(72)73-62-58-54-50-46-42-38-34-30-27-25-23-21-20-22-24-26-29-32-36-40-44-48-52-56-60-66(71)68-64(63-69)65(70)59-55-51-47-43-39-35-31-18-16-14-12-10-8-6-4-2/h17,19,55,59,64-65,69-70H,3-16,18,20-54,56-58,60-63H2,1-2H3,(H,68,71)/b19-17-,59-55+. The number of unbranched alkanes of at least 4 members (excludes halogenated alkanes) is 49. The van der Waals surface area contributed by atoms with Gasteiger partial charge in [-0.2, -0.15) is 0 Å². The Morgan fingerprint density at radius 2 is 0.644 bits per heavy atom. The number of nitrogens with one attached hydrogen (secondary N) is 1. The Morgan fingerprint density at radius 1 is 0.370 bits per heavy atom. The van der Waals surface area contributed by atoms with Gasteiger partial charge in [-0.3, -0.25) is 9.59 Å². The first-order chi connectivity index (χ1) is 36.0. The Morgan fingerprint density at radius 3 is 0.973 bits per heavy atom. The van der Waals surface area contributed by atoms with Gasteiger partial charge in [-0.05, 0) is 57.8 Å². The number of aliphatic hydroxyl groups is 2. The topological polar surface area (TPSA) is 95.9 Å². The van der Waals surface area contributed by atoms with Crippen LogP contribution >= 0.6 is 0 Å². The van der Waals surface area contributed by atoms with Crippen molar-refractivity contribution in [2.24, 2.45) is 0 Å². The van der Waals surface area contributed by atoms with Crippen LogP contribution in [-0.2, 0) is 14.3 Å². The summed E-state index contributed by atoms with van der Waals surface area (Å²) in [5, 5.41) is 23.1. The van der Waals surface area contributed by atoms with Gasteiger partial charge in [-0.15, -0.1) is 0 Å². The number of rotatable bonds is 62. The van der Waals surface area contributed by atoms with E-state index in [-0.39, 0.29) is 18.5 Å². The fourth-order valence-electron chi connectivity index (χ4n) is 10.4. The molecule has 0 spiro atoms. The van der Waals surface area contributed by atoms with Crippen LogP contribution in [0.2, 0.25) is 0 Å². The summed E-state index contributed by atoms with van der Waals surface area (Å²) in [6.45, 7) is 4.92. The Labute approximate surface area is 456 Å². The molecule has 6 heteroatoms. The molecule has 2 unspecified atom stereocenters. The second-order valence-corrected chi connectivity index (χ2v) is 22.8. The summed E-state index contributed by atoms with van der Waals surface area (Å²) in [4.78, 5) is 24.6. The second-order valence-electron chi connectivity index (χ2n) is 22.8. The number of esters is 1. The largest absolute Gasteiger partial charge is 0.466 e. The van der Waals surface area contributed by atoms with Crippen LogP contribution < -0.4 is 5.32 Å². The number of hydrogen-bond donors (Lipinski definition) is 3. The lowest BCUT2D eigenvalue weighted by Crippen LogP contribution is -2.45. The number of carbonyl (C=O) groups excluding carboxylic acids is 2. The van der Waals surface area contributed by atoms with Crippen LogP contribution in [0.4, 0.5) is 0 Å². The number of ether oxygens (including phenoxy) is 1. The predicted molar refractivity (Wildman–Crippen MR) is 320 cm³/mol. The predicted octanol–water partition coefficient (Wildman–Crippen LogP) is 21.0. The third-order valence-corrected chi connectivity index (χ3v) is 15.5. The first-order valence-electron chi connectivity index (χ1n) is 33.1. The van der Waals surface area contributed by atoms with E-state index in [4.69, 9.17) is 4.74 Å². The second kappa shape index (κ2) is 62.9. The van der Waals surface area contributed by atoms with Crippen LogP contribution in [0.3, 0.4) is 0 Å². The molecule has 0 bridgehead atoms. The first-order valence-corrected chi connectivity index (χ1v) is 33.1. The molecule has 73 heavy (non-hydrogen) atoms. The van der Waals surface area contributed by atoms with E-state index in [0.717, 1.165) is 44.9 Å². The van der Waals surface area contributed by atoms with Crippen molar-refractivity contribution in [2.75, 3.05) is 13.2 Å². The number of carbonyl (C=O) groups is 2. The average Bonchev–Trinajstić information content (AvgIpc) is 3.39. The molecule has 3 N–H and O–H groups in total. The fourth-order valence-corrected chi connectivity index (χ4v) is 10.4. The molecule has 0 fully saturated rings. The summed E-state index contributed by atoms with van der Waals surface area (Å²) < 4.78 is 5.50. The highest BCUT2D eigenvalue weighted by molar-refractivity contribution is 5.76. The van der Waals surface area contributed by atoms with Crippen LogP contribution in [0.5, 0.6) is 0 Å². The van der Waals surface area contributed by atoms with Crippen molar-refractivity contribution in [1.82, 2.24) is 5.32 Å². The van der Waals surface area contributed by atoms with Crippen LogP contribution in [0.1, 0.15) is 367 Å². The van der Waals surface area contributed by atoms with E-state index in [2.05, 4.69) is 31.3 Å². The third-order valence-electron chi connectivity index (χ3n) is 15.5. The van der Waals surface area contributed by atoms with Crippen molar-refractivity contribution >= 4 is 11.9 Å². The zero-order valence-corrected chi connectivity index (χ0v) is 49.4. The SMILES string of the molecule is CCCCCCCC/C=C\CCCCCCCCCC(=O)OCCCCCCCCCCCCCCCCCCCCCCCCCCC(=O)NC(CO)C(O)/C=C/CCCCCCCCCCCCCCC. The Balaban J connectivity index is 3.37. The van der Waals surface area contributed by atoms with E-state index in [1.54, 1.807) is 6.08 Å². The van der Waals surface area contributed by atoms with Gasteiger partial charge in [0.05, 0.1) is 25.4 Å². The van der Waals surface area contributed by atoms with Gasteiger partial charge >= 0.3 is 5.97 Å². The monoisotopic (exact) mass is 1030 g/mol.